The van der Waals surface area contributed by atoms with Gasteiger partial charge in [0.2, 0.25) is 5.91 Å². The summed E-state index contributed by atoms with van der Waals surface area (Å²) in [6.45, 7) is 8.27. The van der Waals surface area contributed by atoms with Gasteiger partial charge in [0.25, 0.3) is 0 Å². The van der Waals surface area contributed by atoms with Crippen LogP contribution in [0.3, 0.4) is 0 Å². The van der Waals surface area contributed by atoms with Gasteiger partial charge in [0.1, 0.15) is 0 Å². The Labute approximate surface area is 142 Å². The standard InChI is InChI=1S/C18H25NO3S/c1-5-22-17(21)10-7-11-23-15-9-6-8-14(12-15)19-16(20)13-18(2,3)4/h6-10,12H,5,11,13H2,1-4H3,(H,19,20)/b10-7+. The molecular formula is C18H25NO3S. The molecule has 1 aromatic carbocycles. The SMILES string of the molecule is CCOC(=O)/C=C/CSc1cccc(NC(=O)CC(C)(C)C)c1. The van der Waals surface area contributed by atoms with E-state index >= 15 is 0 Å². The minimum absolute atomic E-state index is 0.0156. The van der Waals surface area contributed by atoms with Gasteiger partial charge in [0.05, 0.1) is 6.61 Å². The molecule has 0 aliphatic carbocycles. The van der Waals surface area contributed by atoms with E-state index in [1.807, 2.05) is 45.0 Å². The van der Waals surface area contributed by atoms with E-state index in [-0.39, 0.29) is 17.3 Å². The Morgan fingerprint density at radius 2 is 2.04 bits per heavy atom. The van der Waals surface area contributed by atoms with Gasteiger partial charge in [-0.1, -0.05) is 32.9 Å². The van der Waals surface area contributed by atoms with Crippen LogP contribution in [0.15, 0.2) is 41.3 Å². The van der Waals surface area contributed by atoms with Gasteiger partial charge < -0.3 is 10.1 Å². The van der Waals surface area contributed by atoms with E-state index in [0.717, 1.165) is 10.6 Å². The Kier molecular flexibility index (Phi) is 7.89. The predicted octanol–water partition coefficient (Wildman–Crippen LogP) is 4.27. The molecule has 1 N–H and O–H groups in total. The van der Waals surface area contributed by atoms with E-state index in [2.05, 4.69) is 5.32 Å². The minimum Gasteiger partial charge on any atom is -0.463 e. The van der Waals surface area contributed by atoms with E-state index in [4.69, 9.17) is 4.74 Å². The first-order valence-electron chi connectivity index (χ1n) is 7.66. The van der Waals surface area contributed by atoms with Gasteiger partial charge in [-0.3, -0.25) is 4.79 Å². The van der Waals surface area contributed by atoms with Gasteiger partial charge in [-0.05, 0) is 30.5 Å². The van der Waals surface area contributed by atoms with Crippen molar-refractivity contribution in [1.82, 2.24) is 0 Å². The van der Waals surface area contributed by atoms with E-state index in [0.29, 0.717) is 18.8 Å². The van der Waals surface area contributed by atoms with Gasteiger partial charge in [-0.2, -0.15) is 0 Å². The van der Waals surface area contributed by atoms with Gasteiger partial charge in [-0.15, -0.1) is 11.8 Å². The maximum Gasteiger partial charge on any atom is 0.330 e. The molecule has 0 fully saturated rings. The average Bonchev–Trinajstić information content (AvgIpc) is 2.42. The van der Waals surface area contributed by atoms with E-state index in [9.17, 15) is 9.59 Å². The van der Waals surface area contributed by atoms with E-state index in [1.54, 1.807) is 24.8 Å². The summed E-state index contributed by atoms with van der Waals surface area (Å²) >= 11 is 1.59. The van der Waals surface area contributed by atoms with E-state index in [1.165, 1.54) is 6.08 Å². The Bertz CT molecular complexity index is 562. The normalized spacial score (nSPS) is 11.5. The van der Waals surface area contributed by atoms with Gasteiger partial charge in [0.15, 0.2) is 0 Å². The second-order valence-electron chi connectivity index (χ2n) is 6.28. The summed E-state index contributed by atoms with van der Waals surface area (Å²) in [5.74, 6) is 0.358. The molecule has 0 saturated carbocycles. The number of thioether (sulfide) groups is 1. The summed E-state index contributed by atoms with van der Waals surface area (Å²) in [5.41, 5.74) is 0.757. The number of ether oxygens (including phenoxy) is 1. The van der Waals surface area contributed by atoms with Gasteiger partial charge in [0, 0.05) is 28.8 Å². The number of anilines is 1. The monoisotopic (exact) mass is 335 g/mol. The summed E-state index contributed by atoms with van der Waals surface area (Å²) in [7, 11) is 0. The van der Waals surface area contributed by atoms with Crippen molar-refractivity contribution in [2.75, 3.05) is 17.7 Å². The van der Waals surface area contributed by atoms with Crippen LogP contribution in [0.2, 0.25) is 0 Å². The molecule has 5 heteroatoms. The third-order valence-electron chi connectivity index (χ3n) is 2.70. The zero-order valence-corrected chi connectivity index (χ0v) is 15.0. The highest BCUT2D eigenvalue weighted by molar-refractivity contribution is 7.99. The zero-order valence-electron chi connectivity index (χ0n) is 14.2. The molecule has 0 aliphatic heterocycles. The molecule has 1 amide bonds. The van der Waals surface area contributed by atoms with Crippen LogP contribution in [0.1, 0.15) is 34.1 Å². The van der Waals surface area contributed by atoms with Crippen molar-refractivity contribution in [3.05, 3.63) is 36.4 Å². The van der Waals surface area contributed by atoms with Crippen molar-refractivity contribution in [3.63, 3.8) is 0 Å². The highest BCUT2D eigenvalue weighted by Gasteiger charge is 2.15. The lowest BCUT2D eigenvalue weighted by Crippen LogP contribution is -2.19. The molecule has 1 aromatic rings. The largest absolute Gasteiger partial charge is 0.463 e. The number of hydrogen-bond acceptors (Lipinski definition) is 4. The molecule has 0 unspecified atom stereocenters. The number of carbonyl (C=O) groups excluding carboxylic acids is 2. The predicted molar refractivity (Wildman–Crippen MR) is 95.6 cm³/mol. The molecule has 4 nitrogen and oxygen atoms in total. The summed E-state index contributed by atoms with van der Waals surface area (Å²) < 4.78 is 4.81. The molecule has 23 heavy (non-hydrogen) atoms. The summed E-state index contributed by atoms with van der Waals surface area (Å²) in [6, 6.07) is 7.69. The maximum atomic E-state index is 12.0. The fourth-order valence-electron chi connectivity index (χ4n) is 1.83. The third kappa shape index (κ3) is 9.08. The maximum absolute atomic E-state index is 12.0. The lowest BCUT2D eigenvalue weighted by atomic mass is 9.92. The molecule has 126 valence electrons. The van der Waals surface area contributed by atoms with Crippen LogP contribution in [0.4, 0.5) is 5.69 Å². The molecule has 0 aliphatic rings. The molecule has 1 rings (SSSR count). The lowest BCUT2D eigenvalue weighted by Gasteiger charge is -2.17. The number of rotatable bonds is 7. The molecule has 0 saturated heterocycles. The van der Waals surface area contributed by atoms with Crippen LogP contribution < -0.4 is 5.32 Å². The highest BCUT2D eigenvalue weighted by atomic mass is 32.2. The molecule has 0 aromatic heterocycles. The molecule has 0 spiro atoms. The third-order valence-corrected chi connectivity index (χ3v) is 3.64. The number of amides is 1. The fraction of sp³-hybridized carbons (Fsp3) is 0.444. The van der Waals surface area contributed by atoms with Crippen LogP contribution in [-0.4, -0.2) is 24.2 Å². The zero-order chi connectivity index (χ0) is 17.3. The summed E-state index contributed by atoms with van der Waals surface area (Å²) in [4.78, 5) is 24.2. The first-order valence-corrected chi connectivity index (χ1v) is 8.65. The second-order valence-corrected chi connectivity index (χ2v) is 7.37. The van der Waals surface area contributed by atoms with Crippen molar-refractivity contribution in [1.29, 1.82) is 0 Å². The number of carbonyl (C=O) groups is 2. The quantitative estimate of drug-likeness (QED) is 0.459. The Morgan fingerprint density at radius 1 is 1.30 bits per heavy atom. The highest BCUT2D eigenvalue weighted by Crippen LogP contribution is 2.23. The van der Waals surface area contributed by atoms with Crippen molar-refractivity contribution < 1.29 is 14.3 Å². The van der Waals surface area contributed by atoms with Crippen molar-refractivity contribution in [2.45, 2.75) is 39.0 Å². The minimum atomic E-state index is -0.323. The number of benzene rings is 1. The summed E-state index contributed by atoms with van der Waals surface area (Å²) in [6.07, 6.45) is 3.69. The lowest BCUT2D eigenvalue weighted by molar-refractivity contribution is -0.137. The van der Waals surface area contributed by atoms with Crippen LogP contribution >= 0.6 is 11.8 Å². The Hall–Kier alpha value is -1.75. The number of esters is 1. The van der Waals surface area contributed by atoms with Crippen LogP contribution in [0, 0.1) is 5.41 Å². The van der Waals surface area contributed by atoms with Crippen molar-refractivity contribution in [3.8, 4) is 0 Å². The second kappa shape index (κ2) is 9.40. The first kappa shape index (κ1) is 19.3. The number of hydrogen-bond donors (Lipinski definition) is 1. The molecular weight excluding hydrogens is 310 g/mol. The van der Waals surface area contributed by atoms with Gasteiger partial charge >= 0.3 is 5.97 Å². The molecule has 0 radical (unpaired) electrons. The molecule has 0 atom stereocenters. The number of nitrogens with one attached hydrogen (secondary N) is 1. The summed E-state index contributed by atoms with van der Waals surface area (Å²) in [5, 5.41) is 2.92. The van der Waals surface area contributed by atoms with E-state index < -0.39 is 0 Å². The van der Waals surface area contributed by atoms with Crippen molar-refractivity contribution in [2.24, 2.45) is 5.41 Å². The first-order chi connectivity index (χ1) is 10.8. The Balaban J connectivity index is 2.50. The van der Waals surface area contributed by atoms with Crippen molar-refractivity contribution >= 4 is 29.3 Å². The average molecular weight is 335 g/mol. The van der Waals surface area contributed by atoms with Crippen LogP contribution in [-0.2, 0) is 14.3 Å². The van der Waals surface area contributed by atoms with Gasteiger partial charge in [-0.25, -0.2) is 4.79 Å². The topological polar surface area (TPSA) is 55.4 Å². The molecule has 0 bridgehead atoms. The molecule has 0 heterocycles. The fourth-order valence-corrected chi connectivity index (χ4v) is 2.60. The Morgan fingerprint density at radius 3 is 2.70 bits per heavy atom. The van der Waals surface area contributed by atoms with Crippen LogP contribution in [0.5, 0.6) is 0 Å². The smallest absolute Gasteiger partial charge is 0.330 e. The van der Waals surface area contributed by atoms with Crippen LogP contribution in [0.25, 0.3) is 0 Å².